The van der Waals surface area contributed by atoms with Crippen LogP contribution in [0.2, 0.25) is 0 Å². The Balaban J connectivity index is 2.04. The van der Waals surface area contributed by atoms with Crippen LogP contribution >= 0.6 is 0 Å². The number of benzene rings is 3. The Bertz CT molecular complexity index is 1130. The predicted molar refractivity (Wildman–Crippen MR) is 134 cm³/mol. The second kappa shape index (κ2) is 9.75. The van der Waals surface area contributed by atoms with Crippen LogP contribution in [-0.2, 0) is 4.79 Å². The van der Waals surface area contributed by atoms with Crippen molar-refractivity contribution in [3.05, 3.63) is 101 Å². The van der Waals surface area contributed by atoms with Gasteiger partial charge in [0.05, 0.1) is 0 Å². The van der Waals surface area contributed by atoms with Crippen LogP contribution < -0.4 is 0 Å². The number of ketones is 1. The van der Waals surface area contributed by atoms with Gasteiger partial charge in [0.1, 0.15) is 0 Å². The lowest BCUT2D eigenvalue weighted by atomic mass is 9.88. The molecule has 0 spiro atoms. The van der Waals surface area contributed by atoms with Crippen LogP contribution in [-0.4, -0.2) is 5.78 Å². The van der Waals surface area contributed by atoms with Gasteiger partial charge in [-0.1, -0.05) is 85.3 Å². The third kappa shape index (κ3) is 5.30. The van der Waals surface area contributed by atoms with Crippen molar-refractivity contribution in [1.82, 2.24) is 0 Å². The van der Waals surface area contributed by atoms with E-state index in [1.807, 2.05) is 19.9 Å². The first kappa shape index (κ1) is 22.5. The molecule has 0 aliphatic heterocycles. The average Bonchev–Trinajstić information content (AvgIpc) is 2.75. The van der Waals surface area contributed by atoms with Crippen molar-refractivity contribution in [2.75, 3.05) is 0 Å². The molecule has 0 fully saturated rings. The van der Waals surface area contributed by atoms with Gasteiger partial charge in [0.15, 0.2) is 5.78 Å². The first-order valence-electron chi connectivity index (χ1n) is 11.0. The van der Waals surface area contributed by atoms with E-state index in [9.17, 15) is 4.79 Å². The molecule has 0 aliphatic carbocycles. The monoisotopic (exact) mass is 408 g/mol. The smallest absolute Gasteiger partial charge is 0.162 e. The zero-order valence-electron chi connectivity index (χ0n) is 19.4. The number of carbonyl (C=O) groups is 1. The lowest BCUT2D eigenvalue weighted by Crippen LogP contribution is -2.03. The standard InChI is InChI=1S/C30H32O/c1-7-30(31)27(17-8-20(2)3)29-19-28(22(5)18-23(29)6)26-15-13-25(14-16-26)24-11-9-21(4)10-12-24/h9-19H,2,7-8H2,1,3-6H3/b27-17-. The van der Waals surface area contributed by atoms with E-state index in [1.54, 1.807) is 0 Å². The summed E-state index contributed by atoms with van der Waals surface area (Å²) >= 11 is 0. The Hall–Kier alpha value is -3.19. The first-order valence-corrected chi connectivity index (χ1v) is 11.0. The van der Waals surface area contributed by atoms with E-state index >= 15 is 0 Å². The van der Waals surface area contributed by atoms with Crippen molar-refractivity contribution in [2.45, 2.75) is 47.5 Å². The van der Waals surface area contributed by atoms with Gasteiger partial charge in [0.25, 0.3) is 0 Å². The number of allylic oxidation sites excluding steroid dienone is 3. The number of hydrogen-bond donors (Lipinski definition) is 0. The molecule has 0 unspecified atom stereocenters. The summed E-state index contributed by atoms with van der Waals surface area (Å²) in [6.45, 7) is 14.2. The van der Waals surface area contributed by atoms with Gasteiger partial charge in [-0.05, 0) is 79.1 Å². The molecule has 3 aromatic carbocycles. The molecule has 0 heterocycles. The highest BCUT2D eigenvalue weighted by molar-refractivity contribution is 6.21. The highest BCUT2D eigenvalue weighted by atomic mass is 16.1. The molecule has 0 bridgehead atoms. The van der Waals surface area contributed by atoms with Gasteiger partial charge >= 0.3 is 0 Å². The van der Waals surface area contributed by atoms with Crippen molar-refractivity contribution in [3.63, 3.8) is 0 Å². The quantitative estimate of drug-likeness (QED) is 0.284. The van der Waals surface area contributed by atoms with Gasteiger partial charge in [-0.3, -0.25) is 4.79 Å². The lowest BCUT2D eigenvalue weighted by molar-refractivity contribution is -0.113. The highest BCUT2D eigenvalue weighted by Gasteiger charge is 2.15. The fourth-order valence-corrected chi connectivity index (χ4v) is 3.88. The maximum atomic E-state index is 12.7. The molecule has 0 atom stereocenters. The molecule has 3 rings (SSSR count). The van der Waals surface area contributed by atoms with E-state index in [0.29, 0.717) is 6.42 Å². The molecule has 1 nitrogen and oxygen atoms in total. The van der Waals surface area contributed by atoms with Crippen molar-refractivity contribution in [2.24, 2.45) is 0 Å². The maximum absolute atomic E-state index is 12.7. The minimum absolute atomic E-state index is 0.175. The fraction of sp³-hybridized carbons (Fsp3) is 0.233. The molecule has 0 saturated carbocycles. The number of aryl methyl sites for hydroxylation is 3. The van der Waals surface area contributed by atoms with Crippen LogP contribution in [0.4, 0.5) is 0 Å². The fourth-order valence-electron chi connectivity index (χ4n) is 3.88. The van der Waals surface area contributed by atoms with Crippen LogP contribution in [0.25, 0.3) is 27.8 Å². The molecule has 31 heavy (non-hydrogen) atoms. The third-order valence-electron chi connectivity index (χ3n) is 5.72. The second-order valence-electron chi connectivity index (χ2n) is 8.48. The van der Waals surface area contributed by atoms with Crippen LogP contribution in [0.1, 0.15) is 48.9 Å². The first-order chi connectivity index (χ1) is 14.8. The van der Waals surface area contributed by atoms with E-state index in [0.717, 1.165) is 34.3 Å². The Morgan fingerprint density at radius 2 is 1.39 bits per heavy atom. The summed E-state index contributed by atoms with van der Waals surface area (Å²) in [7, 11) is 0. The molecule has 3 aromatic rings. The van der Waals surface area contributed by atoms with Crippen LogP contribution in [0.3, 0.4) is 0 Å². The van der Waals surface area contributed by atoms with Crippen molar-refractivity contribution in [1.29, 1.82) is 0 Å². The summed E-state index contributed by atoms with van der Waals surface area (Å²) in [5, 5.41) is 0. The maximum Gasteiger partial charge on any atom is 0.162 e. The number of hydrogen-bond acceptors (Lipinski definition) is 1. The number of Topliss-reactive ketones (excluding diaryl/α,β-unsaturated/α-hetero) is 1. The van der Waals surface area contributed by atoms with Gasteiger partial charge in [-0.2, -0.15) is 0 Å². The normalized spacial score (nSPS) is 11.5. The van der Waals surface area contributed by atoms with Gasteiger partial charge < -0.3 is 0 Å². The molecule has 0 N–H and O–H groups in total. The summed E-state index contributed by atoms with van der Waals surface area (Å²) in [4.78, 5) is 12.7. The molecule has 158 valence electrons. The van der Waals surface area contributed by atoms with Gasteiger partial charge in [0.2, 0.25) is 0 Å². The Kier molecular flexibility index (Phi) is 7.07. The third-order valence-corrected chi connectivity index (χ3v) is 5.72. The van der Waals surface area contributed by atoms with Crippen molar-refractivity contribution in [3.8, 4) is 22.3 Å². The Labute approximate surface area is 187 Å². The molecule has 0 radical (unpaired) electrons. The second-order valence-corrected chi connectivity index (χ2v) is 8.48. The van der Waals surface area contributed by atoms with E-state index < -0.39 is 0 Å². The minimum atomic E-state index is 0.175. The van der Waals surface area contributed by atoms with E-state index in [1.165, 1.54) is 27.8 Å². The molecular formula is C30H32O. The van der Waals surface area contributed by atoms with Crippen molar-refractivity contribution < 1.29 is 4.79 Å². The van der Waals surface area contributed by atoms with E-state index in [2.05, 4.69) is 88.0 Å². The topological polar surface area (TPSA) is 17.1 Å². The van der Waals surface area contributed by atoms with Gasteiger partial charge in [-0.25, -0.2) is 0 Å². The van der Waals surface area contributed by atoms with E-state index in [-0.39, 0.29) is 5.78 Å². The van der Waals surface area contributed by atoms with E-state index in [4.69, 9.17) is 0 Å². The average molecular weight is 409 g/mol. The molecule has 0 aliphatic rings. The minimum Gasteiger partial charge on any atom is -0.294 e. The number of carbonyl (C=O) groups excluding carboxylic acids is 1. The Morgan fingerprint density at radius 3 is 1.94 bits per heavy atom. The molecule has 1 heteroatoms. The summed E-state index contributed by atoms with van der Waals surface area (Å²) < 4.78 is 0. The number of rotatable bonds is 7. The summed E-state index contributed by atoms with van der Waals surface area (Å²) in [6, 6.07) is 21.7. The van der Waals surface area contributed by atoms with Gasteiger partial charge in [-0.15, -0.1) is 0 Å². The lowest BCUT2D eigenvalue weighted by Gasteiger charge is -2.15. The van der Waals surface area contributed by atoms with Gasteiger partial charge in [0, 0.05) is 12.0 Å². The Morgan fingerprint density at radius 1 is 0.839 bits per heavy atom. The SMILES string of the molecule is C=C(C)C/C=C(\C(=O)CC)c1cc(-c2ccc(-c3ccc(C)cc3)cc2)c(C)cc1C. The largest absolute Gasteiger partial charge is 0.294 e. The van der Waals surface area contributed by atoms with Crippen molar-refractivity contribution >= 4 is 11.4 Å². The zero-order valence-corrected chi connectivity index (χ0v) is 19.4. The summed E-state index contributed by atoms with van der Waals surface area (Å²) in [6.07, 6.45) is 3.25. The summed E-state index contributed by atoms with van der Waals surface area (Å²) in [5.74, 6) is 0.175. The predicted octanol–water partition coefficient (Wildman–Crippen LogP) is 8.27. The van der Waals surface area contributed by atoms with Crippen LogP contribution in [0.15, 0.2) is 78.9 Å². The zero-order chi connectivity index (χ0) is 22.5. The molecule has 0 saturated heterocycles. The molecule has 0 aromatic heterocycles. The van der Waals surface area contributed by atoms with Crippen LogP contribution in [0.5, 0.6) is 0 Å². The van der Waals surface area contributed by atoms with Crippen LogP contribution in [0, 0.1) is 20.8 Å². The summed E-state index contributed by atoms with van der Waals surface area (Å²) in [5.41, 5.74) is 11.3. The molecule has 0 amide bonds. The highest BCUT2D eigenvalue weighted by Crippen LogP contribution is 2.32. The molecular weight excluding hydrogens is 376 g/mol.